The van der Waals surface area contributed by atoms with Gasteiger partial charge in [0.1, 0.15) is 11.2 Å². The normalized spacial score (nSPS) is 12.2. The quantitative estimate of drug-likeness (QED) is 0.151. The molecule has 0 spiro atoms. The molecule has 0 amide bonds. The number of thiophene rings is 1. The number of para-hydroxylation sites is 6. The Morgan fingerprint density at radius 2 is 0.604 bits per heavy atom. The molecule has 0 radical (unpaired) electrons. The van der Waals surface area contributed by atoms with Crippen LogP contribution < -0.4 is 0 Å². The van der Waals surface area contributed by atoms with Gasteiger partial charge in [-0.25, -0.2) is 19.9 Å². The number of benzene rings is 22. The number of nitrogens with zero attached hydrogens (tertiary/aromatic N) is 8. The first kappa shape index (κ1) is 74.3. The highest BCUT2D eigenvalue weighted by molar-refractivity contribution is 7.26. The van der Waals surface area contributed by atoms with Gasteiger partial charge < -0.3 is 22.7 Å². The van der Waals surface area contributed by atoms with E-state index in [-0.39, 0.29) is 0 Å². The molecule has 22 aromatic carbocycles. The molecule has 8 heterocycles. The minimum atomic E-state index is 0.666. The number of hydrogen-bond acceptors (Lipinski definition) is 6. The summed E-state index contributed by atoms with van der Waals surface area (Å²) < 4.78 is 19.0. The van der Waals surface area contributed by atoms with E-state index in [4.69, 9.17) is 24.4 Å². The van der Waals surface area contributed by atoms with Crippen LogP contribution >= 0.6 is 11.3 Å². The lowest BCUT2D eigenvalue weighted by Crippen LogP contribution is -2.00. The Kier molecular flexibility index (Phi) is 16.0. The van der Waals surface area contributed by atoms with Crippen LogP contribution in [0.15, 0.2) is 441 Å². The molecule has 0 N–H and O–H groups in total. The van der Waals surface area contributed by atoms with Crippen molar-refractivity contribution in [1.29, 1.82) is 0 Å². The average Bonchev–Trinajstić information content (AvgIpc) is 1.58. The molecule has 0 bridgehead atoms. The van der Waals surface area contributed by atoms with Crippen LogP contribution in [0.2, 0.25) is 0 Å². The molecular weight excluding hydrogens is 1650 g/mol. The lowest BCUT2D eigenvalue weighted by atomic mass is 10.00. The summed E-state index contributed by atoms with van der Waals surface area (Å²) in [6.45, 7) is 0. The molecule has 0 unspecified atom stereocenters. The van der Waals surface area contributed by atoms with Gasteiger partial charge >= 0.3 is 0 Å². The summed E-state index contributed by atoms with van der Waals surface area (Å²) >= 11 is 1.84. The molecule has 30 aromatic rings. The largest absolute Gasteiger partial charge is 0.455 e. The Morgan fingerprint density at radius 3 is 1.19 bits per heavy atom. The van der Waals surface area contributed by atoms with Crippen molar-refractivity contribution in [2.75, 3.05) is 0 Å². The van der Waals surface area contributed by atoms with Gasteiger partial charge in [-0.1, -0.05) is 315 Å². The van der Waals surface area contributed by atoms with Crippen molar-refractivity contribution in [2.24, 2.45) is 0 Å². The number of aromatic nitrogens is 8. The minimum absolute atomic E-state index is 0.666. The molecule has 8 aromatic heterocycles. The van der Waals surface area contributed by atoms with E-state index in [1.54, 1.807) is 0 Å². The molecular formula is C124H72N8OS. The molecule has 0 saturated carbocycles. The van der Waals surface area contributed by atoms with Gasteiger partial charge in [0, 0.05) is 129 Å². The summed E-state index contributed by atoms with van der Waals surface area (Å²) in [4.78, 5) is 21.6. The second kappa shape index (κ2) is 28.9. The maximum Gasteiger partial charge on any atom is 0.161 e. The zero-order valence-corrected chi connectivity index (χ0v) is 72.8. The summed E-state index contributed by atoms with van der Waals surface area (Å²) in [7, 11) is 0. The Balaban J connectivity index is 0.000000131. The Labute approximate surface area is 769 Å². The third kappa shape index (κ3) is 11.1. The van der Waals surface area contributed by atoms with E-state index in [0.29, 0.717) is 11.6 Å². The number of hydrogen-bond donors (Lipinski definition) is 0. The van der Waals surface area contributed by atoms with Crippen molar-refractivity contribution in [2.45, 2.75) is 0 Å². The standard InChI is InChI=1S/C62H36N4O.C62H36N4S/c1-2-16-39-35-56-51(34-38(39)15-1)44-30-29-40(65-53-26-11-8-22-49(53)59-41-17-4-3-14-37(41)28-32-55(59)65)36-57(44)66(56)54-33-31-47(42-18-5-6-19-43(42)54)62-63-52-25-10-7-21-48(52)60(64-62)50-24-13-23-46-45-20-9-12-27-58(45)67-61(46)50;1-2-16-39-35-56-51(34-38(39)15-1)44-32-31-40(65-54-27-9-6-20-49(54)59-41-17-4-3-14-37(41)30-33-55(59)65)36-57(44)66(56)53-28-13-21-42-43(53)22-11-24-47(42)62-63-52-26-8-5-19-48(52)60(64-62)50-25-12-23-46-45-18-7-10-29-58(45)67-61(46)50/h2*1-36H. The van der Waals surface area contributed by atoms with Crippen LogP contribution in [-0.2, 0) is 0 Å². The molecule has 134 heavy (non-hydrogen) atoms. The fourth-order valence-corrected chi connectivity index (χ4v) is 23.5. The number of fused-ring (bicyclic) bond motifs is 28. The van der Waals surface area contributed by atoms with E-state index in [2.05, 4.69) is 437 Å². The summed E-state index contributed by atoms with van der Waals surface area (Å²) in [6, 6.07) is 158. The number of rotatable bonds is 8. The number of furan rings is 1. The molecule has 10 heteroatoms. The molecule has 0 aliphatic rings. The maximum absolute atomic E-state index is 6.58. The van der Waals surface area contributed by atoms with Crippen LogP contribution in [0.25, 0.3) is 284 Å². The monoisotopic (exact) mass is 1720 g/mol. The van der Waals surface area contributed by atoms with Gasteiger partial charge in [0.05, 0.1) is 77.9 Å². The first-order valence-electron chi connectivity index (χ1n) is 45.6. The van der Waals surface area contributed by atoms with Crippen LogP contribution in [0.3, 0.4) is 0 Å². The average molecular weight is 1720 g/mol. The highest BCUT2D eigenvalue weighted by Crippen LogP contribution is 2.49. The second-order valence-electron chi connectivity index (χ2n) is 35.3. The summed E-state index contributed by atoms with van der Waals surface area (Å²) in [5.74, 6) is 1.38. The Bertz CT molecular complexity index is 9810. The fraction of sp³-hybridized carbons (Fsp3) is 0. The topological polar surface area (TPSA) is 84.4 Å². The molecule has 620 valence electrons. The zero-order valence-electron chi connectivity index (χ0n) is 72.0. The Morgan fingerprint density at radius 1 is 0.201 bits per heavy atom. The smallest absolute Gasteiger partial charge is 0.161 e. The highest BCUT2D eigenvalue weighted by Gasteiger charge is 2.27. The third-order valence-electron chi connectivity index (χ3n) is 28.2. The summed E-state index contributed by atoms with van der Waals surface area (Å²) in [5.41, 5.74) is 23.1. The van der Waals surface area contributed by atoms with E-state index in [0.717, 1.165) is 144 Å². The van der Waals surface area contributed by atoms with E-state index in [1.165, 1.54) is 128 Å². The SMILES string of the molecule is c1ccc2cc3c(cc2c1)c1ccc(-n2c4ccccc4c4c5ccccc5ccc42)cc1n3-c1ccc(-c2nc(-c3cccc4c3oc3ccccc34)c3ccccc3n2)c2ccccc12.c1ccc2cc3c(cc2c1)c1ccc(-n2c4ccccc4c4c5ccccc5ccc42)cc1n3-c1cccc2c(-c3nc(-c4cccc5c4sc4ccccc45)c4ccccc4n3)cccc12. The molecule has 0 atom stereocenters. The van der Waals surface area contributed by atoms with Crippen molar-refractivity contribution in [3.05, 3.63) is 437 Å². The molecule has 0 aliphatic heterocycles. The lowest BCUT2D eigenvalue weighted by molar-refractivity contribution is 0.670. The molecule has 0 aliphatic carbocycles. The van der Waals surface area contributed by atoms with Crippen molar-refractivity contribution in [3.8, 4) is 68.0 Å². The predicted octanol–water partition coefficient (Wildman–Crippen LogP) is 33.5. The van der Waals surface area contributed by atoms with Gasteiger partial charge in [0.2, 0.25) is 0 Å². The van der Waals surface area contributed by atoms with Crippen molar-refractivity contribution >= 4 is 227 Å². The van der Waals surface area contributed by atoms with E-state index >= 15 is 0 Å². The zero-order chi connectivity index (χ0) is 87.5. The van der Waals surface area contributed by atoms with Gasteiger partial charge in [-0.15, -0.1) is 11.3 Å². The van der Waals surface area contributed by atoms with Crippen molar-refractivity contribution in [3.63, 3.8) is 0 Å². The maximum atomic E-state index is 6.58. The van der Waals surface area contributed by atoms with Gasteiger partial charge in [-0.3, -0.25) is 0 Å². The van der Waals surface area contributed by atoms with Crippen LogP contribution in [0, 0.1) is 0 Å². The van der Waals surface area contributed by atoms with Crippen molar-refractivity contribution < 1.29 is 4.42 Å². The Hall–Kier alpha value is -17.7. The first-order valence-corrected chi connectivity index (χ1v) is 46.4. The van der Waals surface area contributed by atoms with Gasteiger partial charge in [0.15, 0.2) is 11.6 Å². The molecule has 0 saturated heterocycles. The van der Waals surface area contributed by atoms with Crippen LogP contribution in [0.1, 0.15) is 0 Å². The molecule has 0 fully saturated rings. The molecule has 9 nitrogen and oxygen atoms in total. The molecule has 30 rings (SSSR count). The van der Waals surface area contributed by atoms with E-state index < -0.39 is 0 Å². The van der Waals surface area contributed by atoms with Gasteiger partial charge in [-0.05, 0) is 175 Å². The minimum Gasteiger partial charge on any atom is -0.455 e. The van der Waals surface area contributed by atoms with E-state index in [9.17, 15) is 0 Å². The summed E-state index contributed by atoms with van der Waals surface area (Å²) in [5, 5.41) is 30.9. The second-order valence-corrected chi connectivity index (χ2v) is 36.4. The fourth-order valence-electron chi connectivity index (χ4n) is 22.2. The van der Waals surface area contributed by atoms with Crippen molar-refractivity contribution in [1.82, 2.24) is 38.2 Å². The first-order chi connectivity index (χ1) is 66.5. The summed E-state index contributed by atoms with van der Waals surface area (Å²) in [6.07, 6.45) is 0. The predicted molar refractivity (Wildman–Crippen MR) is 563 cm³/mol. The highest BCUT2D eigenvalue weighted by atomic mass is 32.1. The third-order valence-corrected chi connectivity index (χ3v) is 29.4. The van der Waals surface area contributed by atoms with Gasteiger partial charge in [-0.2, -0.15) is 0 Å². The van der Waals surface area contributed by atoms with Crippen LogP contribution in [0.5, 0.6) is 0 Å². The lowest BCUT2D eigenvalue weighted by Gasteiger charge is -2.16. The van der Waals surface area contributed by atoms with Crippen LogP contribution in [0.4, 0.5) is 0 Å². The van der Waals surface area contributed by atoms with Gasteiger partial charge in [0.25, 0.3) is 0 Å². The van der Waals surface area contributed by atoms with E-state index in [1.807, 2.05) is 29.5 Å². The van der Waals surface area contributed by atoms with Crippen LogP contribution in [-0.4, -0.2) is 38.2 Å².